The number of aliphatic hydroxyl groups excluding tert-OH is 1. The smallest absolute Gasteiger partial charge is 0.323 e. The molecule has 0 amide bonds. The number of rotatable bonds is 7. The van der Waals surface area contributed by atoms with Crippen LogP contribution in [0.5, 0.6) is 0 Å². The molecule has 5 N–H and O–H groups in total. The maximum absolute atomic E-state index is 11.0. The quantitative estimate of drug-likeness (QED) is 0.268. The van der Waals surface area contributed by atoms with Gasteiger partial charge in [0.25, 0.3) is 0 Å². The Bertz CT molecular complexity index is 649. The lowest BCUT2D eigenvalue weighted by molar-refractivity contribution is -0.214. The van der Waals surface area contributed by atoms with Crippen molar-refractivity contribution >= 4 is 23.9 Å². The molecule has 3 aliphatic heterocycles. The lowest BCUT2D eigenvalue weighted by Gasteiger charge is -2.24. The molecule has 7 unspecified atom stereocenters. The Kier molecular flexibility index (Phi) is 5.51. The number of carboxylic acid groups (broad SMARTS) is 4. The summed E-state index contributed by atoms with van der Waals surface area (Å²) in [5.74, 6) is -10.8. The van der Waals surface area contributed by atoms with Crippen LogP contribution in [0.15, 0.2) is 0 Å². The first-order valence-corrected chi connectivity index (χ1v) is 7.94. The number of carboxylic acids is 4. The predicted octanol–water partition coefficient (Wildman–Crippen LogP) is -2.87. The van der Waals surface area contributed by atoms with Crippen molar-refractivity contribution in [1.82, 2.24) is 0 Å². The first-order valence-electron chi connectivity index (χ1n) is 7.94. The number of fused-ring (bicyclic) bond motifs is 1. The molecule has 3 heterocycles. The van der Waals surface area contributed by atoms with E-state index in [0.29, 0.717) is 0 Å². The highest BCUT2D eigenvalue weighted by molar-refractivity contribution is 5.93. The molecule has 0 aromatic rings. The fourth-order valence-corrected chi connectivity index (χ4v) is 3.16. The van der Waals surface area contributed by atoms with Gasteiger partial charge in [-0.3, -0.25) is 19.2 Å². The van der Waals surface area contributed by atoms with Gasteiger partial charge in [0.05, 0.1) is 6.61 Å². The molecule has 0 aromatic carbocycles. The highest BCUT2D eigenvalue weighted by Gasteiger charge is 2.58. The normalized spacial score (nSPS) is 37.3. The Hall–Kier alpha value is -2.36. The van der Waals surface area contributed by atoms with Crippen molar-refractivity contribution in [2.45, 2.75) is 43.3 Å². The second-order valence-corrected chi connectivity index (χ2v) is 6.25. The van der Waals surface area contributed by atoms with Crippen molar-refractivity contribution in [3.05, 3.63) is 0 Å². The molecule has 0 aliphatic carbocycles. The van der Waals surface area contributed by atoms with E-state index in [-0.39, 0.29) is 6.61 Å². The lowest BCUT2D eigenvalue weighted by Crippen LogP contribution is -2.43. The zero-order valence-corrected chi connectivity index (χ0v) is 13.8. The van der Waals surface area contributed by atoms with Crippen LogP contribution >= 0.6 is 0 Å². The number of carbonyl (C=O) groups is 4. The molecule has 28 heavy (non-hydrogen) atoms. The van der Waals surface area contributed by atoms with E-state index in [1.165, 1.54) is 0 Å². The van der Waals surface area contributed by atoms with Crippen LogP contribution in [0.2, 0.25) is 0 Å². The summed E-state index contributed by atoms with van der Waals surface area (Å²) in [6.45, 7) is -0.292. The molecule has 0 aromatic heterocycles. The van der Waals surface area contributed by atoms with Gasteiger partial charge in [0.15, 0.2) is 18.9 Å². The number of hydrogen-bond donors (Lipinski definition) is 5. The van der Waals surface area contributed by atoms with Crippen molar-refractivity contribution in [2.24, 2.45) is 11.8 Å². The number of hydrogen-bond acceptors (Lipinski definition) is 10. The molecule has 7 atom stereocenters. The molecule has 14 heteroatoms. The van der Waals surface area contributed by atoms with Crippen molar-refractivity contribution in [2.75, 3.05) is 6.61 Å². The second kappa shape index (κ2) is 7.57. The van der Waals surface area contributed by atoms with Crippen LogP contribution in [-0.2, 0) is 42.9 Å². The Morgan fingerprint density at radius 2 is 1.25 bits per heavy atom. The van der Waals surface area contributed by atoms with Crippen LogP contribution < -0.4 is 0 Å². The Morgan fingerprint density at radius 3 is 1.75 bits per heavy atom. The number of aliphatic carboxylic acids is 4. The molecule has 0 spiro atoms. The van der Waals surface area contributed by atoms with E-state index in [1.54, 1.807) is 0 Å². The maximum atomic E-state index is 11.0. The molecule has 3 fully saturated rings. The number of aliphatic hydroxyl groups is 1. The van der Waals surface area contributed by atoms with E-state index in [2.05, 4.69) is 0 Å². The topological polar surface area (TPSA) is 216 Å². The van der Waals surface area contributed by atoms with Gasteiger partial charge in [-0.2, -0.15) is 0 Å². The van der Waals surface area contributed by atoms with Crippen LogP contribution in [0.3, 0.4) is 0 Å². The minimum absolute atomic E-state index is 0.292. The Morgan fingerprint density at radius 1 is 0.714 bits per heavy atom. The molecule has 3 saturated heterocycles. The highest BCUT2D eigenvalue weighted by atomic mass is 16.8. The van der Waals surface area contributed by atoms with Crippen LogP contribution in [0, 0.1) is 11.8 Å². The fraction of sp³-hybridized carbons (Fsp3) is 0.714. The summed E-state index contributed by atoms with van der Waals surface area (Å²) in [6.07, 6.45) is -9.54. The van der Waals surface area contributed by atoms with E-state index < -0.39 is 79.0 Å². The van der Waals surface area contributed by atoms with Crippen molar-refractivity contribution in [3.8, 4) is 0 Å². The van der Waals surface area contributed by atoms with E-state index in [9.17, 15) is 24.3 Å². The van der Waals surface area contributed by atoms with Crippen molar-refractivity contribution < 1.29 is 68.4 Å². The van der Waals surface area contributed by atoms with Crippen molar-refractivity contribution in [1.29, 1.82) is 0 Å². The summed E-state index contributed by atoms with van der Waals surface area (Å²) in [6, 6.07) is 0. The van der Waals surface area contributed by atoms with E-state index in [4.69, 9.17) is 44.1 Å². The summed E-state index contributed by atoms with van der Waals surface area (Å²) < 4.78 is 26.0. The van der Waals surface area contributed by atoms with E-state index in [0.717, 1.165) is 0 Å². The van der Waals surface area contributed by atoms with Gasteiger partial charge in [-0.15, -0.1) is 0 Å². The maximum Gasteiger partial charge on any atom is 0.323 e. The summed E-state index contributed by atoms with van der Waals surface area (Å²) in [4.78, 5) is 44.1. The van der Waals surface area contributed by atoms with Gasteiger partial charge in [0.2, 0.25) is 11.8 Å². The summed E-state index contributed by atoms with van der Waals surface area (Å²) in [5, 5.41) is 46.2. The molecular weight excluding hydrogens is 392 g/mol. The third kappa shape index (κ3) is 3.52. The first kappa shape index (κ1) is 20.4. The SMILES string of the molecule is O=C(O)C(C(=O)O)C1OCC(C2OC3OC(C(C(=O)O)C(=O)O)OC3C2O)O1. The summed E-state index contributed by atoms with van der Waals surface area (Å²) >= 11 is 0. The Labute approximate surface area is 155 Å². The largest absolute Gasteiger partial charge is 0.480 e. The minimum atomic E-state index is -2.04. The van der Waals surface area contributed by atoms with Crippen molar-refractivity contribution in [3.63, 3.8) is 0 Å². The monoisotopic (exact) mass is 408 g/mol. The highest BCUT2D eigenvalue weighted by Crippen LogP contribution is 2.38. The van der Waals surface area contributed by atoms with E-state index in [1.807, 2.05) is 0 Å². The third-order valence-corrected chi connectivity index (χ3v) is 4.50. The van der Waals surface area contributed by atoms with E-state index >= 15 is 0 Å². The molecule has 0 radical (unpaired) electrons. The van der Waals surface area contributed by atoms with Crippen LogP contribution in [0.4, 0.5) is 0 Å². The predicted molar refractivity (Wildman–Crippen MR) is 76.6 cm³/mol. The minimum Gasteiger partial charge on any atom is -0.480 e. The first-order chi connectivity index (χ1) is 13.1. The zero-order valence-electron chi connectivity index (χ0n) is 13.8. The molecular formula is C14H16O14. The average molecular weight is 408 g/mol. The lowest BCUT2D eigenvalue weighted by atomic mass is 10.1. The van der Waals surface area contributed by atoms with Gasteiger partial charge in [0, 0.05) is 0 Å². The third-order valence-electron chi connectivity index (χ3n) is 4.50. The van der Waals surface area contributed by atoms with Gasteiger partial charge in [0.1, 0.15) is 24.4 Å². The Balaban J connectivity index is 1.63. The molecule has 156 valence electrons. The van der Waals surface area contributed by atoms with Crippen LogP contribution in [0.1, 0.15) is 0 Å². The fourth-order valence-electron chi connectivity index (χ4n) is 3.16. The van der Waals surface area contributed by atoms with Gasteiger partial charge in [-0.1, -0.05) is 0 Å². The van der Waals surface area contributed by atoms with Gasteiger partial charge >= 0.3 is 23.9 Å². The number of ether oxygens (including phenoxy) is 5. The van der Waals surface area contributed by atoms with Gasteiger partial charge < -0.3 is 49.2 Å². The van der Waals surface area contributed by atoms with Crippen LogP contribution in [-0.4, -0.2) is 99.3 Å². The molecule has 3 aliphatic rings. The summed E-state index contributed by atoms with van der Waals surface area (Å²) in [7, 11) is 0. The zero-order chi connectivity index (χ0) is 20.7. The van der Waals surface area contributed by atoms with Gasteiger partial charge in [-0.25, -0.2) is 0 Å². The summed E-state index contributed by atoms with van der Waals surface area (Å²) in [5.41, 5.74) is 0. The molecule has 14 nitrogen and oxygen atoms in total. The van der Waals surface area contributed by atoms with Gasteiger partial charge in [-0.05, 0) is 0 Å². The molecule has 0 saturated carbocycles. The average Bonchev–Trinajstić information content (AvgIpc) is 3.23. The standard InChI is InChI=1S/C14H16O14/c15-5-6(2-1-24-12(25-2)3(8(16)17)9(18)19)26-14-7(5)27-13(28-14)4(10(20)21)11(22)23/h2-7,12-15H,1H2,(H,16,17)(H,18,19)(H,20,21)(H,22,23). The molecule has 0 bridgehead atoms. The second-order valence-electron chi connectivity index (χ2n) is 6.25. The van der Waals surface area contributed by atoms with Crippen LogP contribution in [0.25, 0.3) is 0 Å². The molecule has 3 rings (SSSR count).